The van der Waals surface area contributed by atoms with E-state index in [1.807, 2.05) is 0 Å². The minimum absolute atomic E-state index is 0. The van der Waals surface area contributed by atoms with Crippen LogP contribution in [0.3, 0.4) is 0 Å². The average Bonchev–Trinajstić information content (AvgIpc) is 2.16. The fraction of sp³-hybridized carbons (Fsp3) is 0.143. The van der Waals surface area contributed by atoms with Crippen LogP contribution in [0.25, 0.3) is 4.98 Å². The van der Waals surface area contributed by atoms with Crippen molar-refractivity contribution in [1.82, 2.24) is 0 Å². The molecular weight excluding hydrogens is 324 g/mol. The summed E-state index contributed by atoms with van der Waals surface area (Å²) in [5, 5.41) is 8.52. The van der Waals surface area contributed by atoms with E-state index in [1.165, 1.54) is 13.2 Å². The van der Waals surface area contributed by atoms with E-state index in [9.17, 15) is 8.42 Å². The van der Waals surface area contributed by atoms with Crippen molar-refractivity contribution in [2.45, 2.75) is 4.90 Å². The van der Waals surface area contributed by atoms with Crippen LogP contribution in [0.2, 0.25) is 0 Å². The Kier molecular flexibility index (Phi) is 5.15. The fourth-order valence-electron chi connectivity index (χ4n) is 0.952. The molecule has 0 heterocycles. The molecule has 6 nitrogen and oxygen atoms in total. The highest BCUT2D eigenvalue weighted by molar-refractivity contribution is 9.10. The predicted octanol–water partition coefficient (Wildman–Crippen LogP) is -0.807. The van der Waals surface area contributed by atoms with Crippen molar-refractivity contribution >= 4 is 31.7 Å². The van der Waals surface area contributed by atoms with Crippen molar-refractivity contribution < 1.29 is 30.1 Å². The molecule has 0 amide bonds. The molecule has 0 aliphatic rings. The first-order valence-corrected chi connectivity index (χ1v) is 5.83. The topological polar surface area (TPSA) is 91.8 Å². The Balaban J connectivity index is 0.00000225. The van der Waals surface area contributed by atoms with Crippen molar-refractivity contribution in [3.8, 4) is 5.75 Å². The van der Waals surface area contributed by atoms with Crippen molar-refractivity contribution in [2.24, 2.45) is 0 Å². The number of nitrogens with zero attached hydrogens (tertiary/aromatic N) is 2. The van der Waals surface area contributed by atoms with Crippen LogP contribution < -0.4 is 17.1 Å². The summed E-state index contributed by atoms with van der Waals surface area (Å²) in [7, 11) is -3.08. The molecule has 0 fully saturated rings. The van der Waals surface area contributed by atoms with E-state index >= 15 is 0 Å². The Bertz CT molecular complexity index is 540. The zero-order valence-electron chi connectivity index (χ0n) is 7.89. The number of rotatable bonds is 2. The lowest BCUT2D eigenvalue weighted by Crippen LogP contribution is -3.00. The zero-order valence-corrected chi connectivity index (χ0v) is 11.0. The first kappa shape index (κ1) is 15.1. The Morgan fingerprint density at radius 2 is 2.06 bits per heavy atom. The fourth-order valence-corrected chi connectivity index (χ4v) is 2.55. The van der Waals surface area contributed by atoms with Crippen molar-refractivity contribution in [1.29, 1.82) is 5.39 Å². The molecule has 9 heteroatoms. The molecular formula is C7H6BrClN2O4S. The second-order valence-corrected chi connectivity index (χ2v) is 4.72. The van der Waals surface area contributed by atoms with Gasteiger partial charge in [-0.3, -0.25) is 4.55 Å². The van der Waals surface area contributed by atoms with Gasteiger partial charge in [0.05, 0.1) is 23.7 Å². The molecule has 0 saturated carbocycles. The molecule has 88 valence electrons. The number of ether oxygens (including phenoxy) is 1. The summed E-state index contributed by atoms with van der Waals surface area (Å²) in [6.45, 7) is 0. The largest absolute Gasteiger partial charge is 1.00 e. The molecule has 0 aliphatic carbocycles. The molecule has 1 aromatic rings. The van der Waals surface area contributed by atoms with Crippen molar-refractivity contribution in [2.75, 3.05) is 7.11 Å². The third kappa shape index (κ3) is 3.05. The highest BCUT2D eigenvalue weighted by Gasteiger charge is 2.23. The van der Waals surface area contributed by atoms with E-state index in [4.69, 9.17) is 14.7 Å². The maximum absolute atomic E-state index is 10.9. The van der Waals surface area contributed by atoms with Crippen molar-refractivity contribution in [3.05, 3.63) is 21.6 Å². The quantitative estimate of drug-likeness (QED) is 0.566. The molecule has 1 rings (SSSR count). The summed E-state index contributed by atoms with van der Waals surface area (Å²) in [5.41, 5.74) is -0.0392. The normalized spacial score (nSPS) is 10.1. The minimum atomic E-state index is -4.40. The Labute approximate surface area is 107 Å². The van der Waals surface area contributed by atoms with Crippen LogP contribution in [-0.4, -0.2) is 20.1 Å². The molecule has 0 saturated heterocycles. The molecule has 0 atom stereocenters. The Morgan fingerprint density at radius 3 is 2.44 bits per heavy atom. The van der Waals surface area contributed by atoms with Crippen molar-refractivity contribution in [3.63, 3.8) is 0 Å². The summed E-state index contributed by atoms with van der Waals surface area (Å²) in [5.74, 6) is 0.137. The first-order valence-electron chi connectivity index (χ1n) is 3.60. The van der Waals surface area contributed by atoms with Gasteiger partial charge in [-0.1, -0.05) is 0 Å². The lowest BCUT2D eigenvalue weighted by atomic mass is 10.3. The molecule has 0 aromatic heterocycles. The van der Waals surface area contributed by atoms with Crippen LogP contribution in [0.4, 0.5) is 5.69 Å². The lowest BCUT2D eigenvalue weighted by Gasteiger charge is -2.04. The third-order valence-corrected chi connectivity index (χ3v) is 3.56. The second-order valence-electron chi connectivity index (χ2n) is 2.54. The maximum atomic E-state index is 10.9. The van der Waals surface area contributed by atoms with Crippen LogP contribution in [-0.2, 0) is 10.1 Å². The summed E-state index contributed by atoms with van der Waals surface area (Å²) in [6, 6.07) is 2.31. The summed E-state index contributed by atoms with van der Waals surface area (Å²) < 4.78 is 35.6. The van der Waals surface area contributed by atoms with E-state index in [0.29, 0.717) is 0 Å². The van der Waals surface area contributed by atoms with E-state index in [1.54, 1.807) is 0 Å². The summed E-state index contributed by atoms with van der Waals surface area (Å²) in [4.78, 5) is 2.40. The number of halogens is 2. The average molecular weight is 330 g/mol. The standard InChI is InChI=1S/C7H5BrN2O4S.ClH/c1-14-5-2-4(10-9)3-6(7(5)8)15(11,12)13;/h2-3H,1H3;1H. The van der Waals surface area contributed by atoms with E-state index in [2.05, 4.69) is 20.9 Å². The Morgan fingerprint density at radius 1 is 1.50 bits per heavy atom. The van der Waals surface area contributed by atoms with Gasteiger partial charge in [-0.05, 0) is 15.9 Å². The molecule has 0 aliphatic heterocycles. The van der Waals surface area contributed by atoms with Gasteiger partial charge >= 0.3 is 5.69 Å². The van der Waals surface area contributed by atoms with Gasteiger partial charge in [0.15, 0.2) is 4.98 Å². The van der Waals surface area contributed by atoms with E-state index in [0.717, 1.165) is 6.07 Å². The molecule has 0 radical (unpaired) electrons. The second kappa shape index (κ2) is 5.45. The summed E-state index contributed by atoms with van der Waals surface area (Å²) in [6.07, 6.45) is 0. The predicted molar refractivity (Wildman–Crippen MR) is 55.3 cm³/mol. The highest BCUT2D eigenvalue weighted by Crippen LogP contribution is 2.35. The van der Waals surface area contributed by atoms with Crippen LogP contribution in [0, 0.1) is 5.39 Å². The SMILES string of the molecule is COc1cc([N+]#N)cc(S(=O)(=O)O)c1Br.[Cl-]. The monoisotopic (exact) mass is 328 g/mol. The van der Waals surface area contributed by atoms with Gasteiger partial charge in [0.25, 0.3) is 10.1 Å². The molecule has 1 aromatic carbocycles. The van der Waals surface area contributed by atoms with E-state index < -0.39 is 15.0 Å². The third-order valence-electron chi connectivity index (χ3n) is 1.60. The Hall–Kier alpha value is -0.880. The molecule has 0 spiro atoms. The number of benzene rings is 1. The van der Waals surface area contributed by atoms with Gasteiger partial charge in [0.1, 0.15) is 10.6 Å². The van der Waals surface area contributed by atoms with Gasteiger partial charge in [-0.25, -0.2) is 0 Å². The maximum Gasteiger partial charge on any atom is 0.390 e. The van der Waals surface area contributed by atoms with Gasteiger partial charge in [0, 0.05) is 0 Å². The van der Waals surface area contributed by atoms with Gasteiger partial charge in [0.2, 0.25) is 5.39 Å². The van der Waals surface area contributed by atoms with Crippen LogP contribution in [0.1, 0.15) is 0 Å². The smallest absolute Gasteiger partial charge is 0.390 e. The molecule has 0 bridgehead atoms. The van der Waals surface area contributed by atoms with Crippen LogP contribution >= 0.6 is 15.9 Å². The molecule has 16 heavy (non-hydrogen) atoms. The summed E-state index contributed by atoms with van der Waals surface area (Å²) >= 11 is 2.95. The van der Waals surface area contributed by atoms with Gasteiger partial charge in [-0.2, -0.15) is 8.42 Å². The molecule has 0 unspecified atom stereocenters. The van der Waals surface area contributed by atoms with Crippen LogP contribution in [0.15, 0.2) is 21.5 Å². The number of hydrogen-bond donors (Lipinski definition) is 1. The van der Waals surface area contributed by atoms with Gasteiger partial charge < -0.3 is 17.1 Å². The van der Waals surface area contributed by atoms with E-state index in [-0.39, 0.29) is 28.3 Å². The number of diazo groups is 1. The first-order chi connectivity index (χ1) is 6.90. The molecule has 1 N–H and O–H groups in total. The highest BCUT2D eigenvalue weighted by atomic mass is 79.9. The minimum Gasteiger partial charge on any atom is -1.00 e. The lowest BCUT2D eigenvalue weighted by molar-refractivity contribution is -0.00000761. The number of methoxy groups -OCH3 is 1. The number of hydrogen-bond acceptors (Lipinski definition) is 4. The zero-order chi connectivity index (χ0) is 11.6. The van der Waals surface area contributed by atoms with Gasteiger partial charge in [-0.15, -0.1) is 0 Å². The van der Waals surface area contributed by atoms with Crippen LogP contribution in [0.5, 0.6) is 5.75 Å².